The molecule has 0 unspecified atom stereocenters. The first-order valence-electron chi connectivity index (χ1n) is 7.01. The van der Waals surface area contributed by atoms with Gasteiger partial charge in [0.1, 0.15) is 24.7 Å². The fraction of sp³-hybridized carbons (Fsp3) is 0.188. The molecule has 7 nitrogen and oxygen atoms in total. The molecule has 0 atom stereocenters. The molecule has 0 spiro atoms. The van der Waals surface area contributed by atoms with Gasteiger partial charge in [-0.05, 0) is 24.3 Å². The normalized spacial score (nSPS) is 10.7. The Morgan fingerprint density at radius 2 is 1.87 bits per heavy atom. The summed E-state index contributed by atoms with van der Waals surface area (Å²) in [6, 6.07) is 8.37. The molecule has 0 amide bonds. The lowest BCUT2D eigenvalue weighted by Crippen LogP contribution is -2.10. The zero-order valence-corrected chi connectivity index (χ0v) is 12.2. The van der Waals surface area contributed by atoms with Crippen LogP contribution in [0.25, 0.3) is 10.9 Å². The van der Waals surface area contributed by atoms with Gasteiger partial charge in [0.2, 0.25) is 5.88 Å². The lowest BCUT2D eigenvalue weighted by atomic mass is 10.2. The smallest absolute Gasteiger partial charge is 0.233 e. The van der Waals surface area contributed by atoms with E-state index in [0.717, 1.165) is 10.9 Å². The summed E-state index contributed by atoms with van der Waals surface area (Å²) in [5, 5.41) is 26.8. The van der Waals surface area contributed by atoms with Crippen LogP contribution in [0.5, 0.6) is 17.4 Å². The Morgan fingerprint density at radius 3 is 2.74 bits per heavy atom. The van der Waals surface area contributed by atoms with Gasteiger partial charge in [0.25, 0.3) is 0 Å². The number of aromatic nitrogens is 3. The molecular weight excluding hydrogens is 298 g/mol. The summed E-state index contributed by atoms with van der Waals surface area (Å²) in [6.45, 7) is 0.469. The van der Waals surface area contributed by atoms with E-state index in [1.165, 1.54) is 6.20 Å². The molecule has 0 aliphatic carbocycles. The zero-order chi connectivity index (χ0) is 16.1. The highest BCUT2D eigenvalue weighted by Gasteiger charge is 2.02. The number of rotatable bonds is 6. The van der Waals surface area contributed by atoms with E-state index in [9.17, 15) is 5.11 Å². The summed E-state index contributed by atoms with van der Waals surface area (Å²) < 4.78 is 11.0. The van der Waals surface area contributed by atoms with Gasteiger partial charge in [-0.15, -0.1) is 5.10 Å². The molecule has 2 N–H and O–H groups in total. The van der Waals surface area contributed by atoms with Crippen LogP contribution in [0.15, 0.2) is 42.7 Å². The number of aliphatic hydroxyl groups excluding tert-OH is 1. The van der Waals surface area contributed by atoms with E-state index in [1.807, 2.05) is 0 Å². The molecule has 0 saturated carbocycles. The van der Waals surface area contributed by atoms with E-state index in [0.29, 0.717) is 23.8 Å². The van der Waals surface area contributed by atoms with E-state index in [1.54, 1.807) is 36.5 Å². The van der Waals surface area contributed by atoms with E-state index >= 15 is 0 Å². The SMILES string of the molecule is OCc1cnnc(OCCOc2cnc3ccc(O)cc3c2)c1. The second kappa shape index (κ2) is 6.89. The number of aliphatic hydroxyl groups is 1. The third-order valence-electron chi connectivity index (χ3n) is 3.11. The number of phenolic OH excluding ortho intramolecular Hbond substituents is 1. The number of pyridine rings is 1. The predicted octanol–water partition coefficient (Wildman–Crippen LogP) is 1.68. The van der Waals surface area contributed by atoms with E-state index in [-0.39, 0.29) is 19.0 Å². The topological polar surface area (TPSA) is 97.6 Å². The van der Waals surface area contributed by atoms with Crippen molar-refractivity contribution >= 4 is 10.9 Å². The Morgan fingerprint density at radius 1 is 1.00 bits per heavy atom. The fourth-order valence-corrected chi connectivity index (χ4v) is 2.03. The van der Waals surface area contributed by atoms with Crippen LogP contribution in [-0.2, 0) is 6.61 Å². The molecule has 0 aliphatic rings. The summed E-state index contributed by atoms with van der Waals surface area (Å²) in [5.41, 5.74) is 1.41. The van der Waals surface area contributed by atoms with Gasteiger partial charge >= 0.3 is 0 Å². The van der Waals surface area contributed by atoms with Crippen molar-refractivity contribution in [2.75, 3.05) is 13.2 Å². The average Bonchev–Trinajstić information content (AvgIpc) is 2.58. The third kappa shape index (κ3) is 3.83. The quantitative estimate of drug-likeness (QED) is 0.668. The largest absolute Gasteiger partial charge is 0.508 e. The monoisotopic (exact) mass is 313 g/mol. The number of aromatic hydroxyl groups is 1. The maximum absolute atomic E-state index is 9.48. The van der Waals surface area contributed by atoms with Crippen LogP contribution in [-0.4, -0.2) is 38.6 Å². The minimum Gasteiger partial charge on any atom is -0.508 e. The molecule has 0 saturated heterocycles. The van der Waals surface area contributed by atoms with Crippen molar-refractivity contribution in [1.29, 1.82) is 0 Å². The van der Waals surface area contributed by atoms with Gasteiger partial charge in [-0.2, -0.15) is 5.10 Å². The summed E-state index contributed by atoms with van der Waals surface area (Å²) in [5.74, 6) is 1.10. The molecule has 118 valence electrons. The molecular formula is C16H15N3O4. The Kier molecular flexibility index (Phi) is 4.49. The standard InChI is InChI=1S/C16H15N3O4/c20-10-11-5-16(19-18-8-11)23-4-3-22-14-7-12-6-13(21)1-2-15(12)17-9-14/h1-2,5-9,20-21H,3-4,10H2. The van der Waals surface area contributed by atoms with Gasteiger partial charge in [-0.1, -0.05) is 0 Å². The summed E-state index contributed by atoms with van der Waals surface area (Å²) >= 11 is 0. The summed E-state index contributed by atoms with van der Waals surface area (Å²) in [7, 11) is 0. The van der Waals surface area contributed by atoms with Crippen LogP contribution >= 0.6 is 0 Å². The Hall–Kier alpha value is -2.93. The van der Waals surface area contributed by atoms with Crippen molar-refractivity contribution in [1.82, 2.24) is 15.2 Å². The van der Waals surface area contributed by atoms with Gasteiger partial charge in [-0.25, -0.2) is 0 Å². The molecule has 3 aromatic rings. The zero-order valence-electron chi connectivity index (χ0n) is 12.2. The minimum absolute atomic E-state index is 0.113. The number of benzene rings is 1. The highest BCUT2D eigenvalue weighted by atomic mass is 16.5. The second-order valence-corrected chi connectivity index (χ2v) is 4.81. The molecule has 2 heterocycles. The van der Waals surface area contributed by atoms with Crippen molar-refractivity contribution < 1.29 is 19.7 Å². The first-order valence-corrected chi connectivity index (χ1v) is 7.01. The third-order valence-corrected chi connectivity index (χ3v) is 3.11. The minimum atomic E-state index is -0.113. The van der Waals surface area contributed by atoms with Crippen LogP contribution in [0, 0.1) is 0 Å². The fourth-order valence-electron chi connectivity index (χ4n) is 2.03. The first-order chi connectivity index (χ1) is 11.2. The van der Waals surface area contributed by atoms with Crippen molar-refractivity contribution in [2.24, 2.45) is 0 Å². The lowest BCUT2D eigenvalue weighted by Gasteiger charge is -2.08. The highest BCUT2D eigenvalue weighted by molar-refractivity contribution is 5.81. The number of ether oxygens (including phenoxy) is 2. The van der Waals surface area contributed by atoms with Gasteiger partial charge < -0.3 is 19.7 Å². The molecule has 0 aliphatic heterocycles. The van der Waals surface area contributed by atoms with Crippen molar-refractivity contribution in [3.05, 3.63) is 48.3 Å². The van der Waals surface area contributed by atoms with Gasteiger partial charge in [0.05, 0.1) is 24.5 Å². The van der Waals surface area contributed by atoms with E-state index < -0.39 is 0 Å². The first kappa shape index (κ1) is 15.0. The van der Waals surface area contributed by atoms with Gasteiger partial charge in [0, 0.05) is 17.0 Å². The van der Waals surface area contributed by atoms with Crippen LogP contribution in [0.1, 0.15) is 5.56 Å². The van der Waals surface area contributed by atoms with E-state index in [2.05, 4.69) is 15.2 Å². The van der Waals surface area contributed by atoms with Crippen LogP contribution < -0.4 is 9.47 Å². The summed E-state index contributed by atoms with van der Waals surface area (Å²) in [4.78, 5) is 4.25. The second-order valence-electron chi connectivity index (χ2n) is 4.81. The Bertz CT molecular complexity index is 810. The molecule has 3 rings (SSSR count). The Balaban J connectivity index is 1.56. The number of hydrogen-bond acceptors (Lipinski definition) is 7. The maximum atomic E-state index is 9.48. The van der Waals surface area contributed by atoms with Gasteiger partial charge in [0.15, 0.2) is 0 Å². The highest BCUT2D eigenvalue weighted by Crippen LogP contribution is 2.22. The molecule has 1 aromatic carbocycles. The van der Waals surface area contributed by atoms with Gasteiger partial charge in [-0.3, -0.25) is 4.98 Å². The lowest BCUT2D eigenvalue weighted by molar-refractivity contribution is 0.209. The van der Waals surface area contributed by atoms with Crippen LogP contribution in [0.4, 0.5) is 0 Å². The molecule has 23 heavy (non-hydrogen) atoms. The molecule has 0 bridgehead atoms. The van der Waals surface area contributed by atoms with Crippen LogP contribution in [0.3, 0.4) is 0 Å². The van der Waals surface area contributed by atoms with Crippen molar-refractivity contribution in [3.63, 3.8) is 0 Å². The number of hydrogen-bond donors (Lipinski definition) is 2. The Labute approximate surface area is 132 Å². The van der Waals surface area contributed by atoms with E-state index in [4.69, 9.17) is 14.6 Å². The number of nitrogens with zero attached hydrogens (tertiary/aromatic N) is 3. The van der Waals surface area contributed by atoms with Crippen molar-refractivity contribution in [3.8, 4) is 17.4 Å². The predicted molar refractivity (Wildman–Crippen MR) is 82.4 cm³/mol. The van der Waals surface area contributed by atoms with Crippen molar-refractivity contribution in [2.45, 2.75) is 6.61 Å². The molecule has 0 radical (unpaired) electrons. The maximum Gasteiger partial charge on any atom is 0.233 e. The summed E-state index contributed by atoms with van der Waals surface area (Å²) in [6.07, 6.45) is 3.09. The molecule has 0 fully saturated rings. The van der Waals surface area contributed by atoms with Crippen LogP contribution in [0.2, 0.25) is 0 Å². The number of phenols is 1. The molecule has 7 heteroatoms. The average molecular weight is 313 g/mol. The number of fused-ring (bicyclic) bond motifs is 1. The molecule has 2 aromatic heterocycles.